The monoisotopic (exact) mass is 479 g/mol. The van der Waals surface area contributed by atoms with Crippen LogP contribution in [0.15, 0.2) is 77.3 Å². The number of fused-ring (bicyclic) bond motifs is 3. The lowest BCUT2D eigenvalue weighted by Crippen LogP contribution is -2.30. The van der Waals surface area contributed by atoms with Crippen LogP contribution >= 0.6 is 0 Å². The van der Waals surface area contributed by atoms with E-state index < -0.39 is 5.89 Å². The molecule has 2 nitrogen and oxygen atoms in total. The van der Waals surface area contributed by atoms with Crippen LogP contribution in [0.5, 0.6) is 0 Å². The molecule has 1 saturated carbocycles. The van der Waals surface area contributed by atoms with Crippen LogP contribution in [0.3, 0.4) is 0 Å². The van der Waals surface area contributed by atoms with E-state index in [0.717, 1.165) is 70.0 Å². The van der Waals surface area contributed by atoms with Gasteiger partial charge < -0.3 is 4.42 Å². The summed E-state index contributed by atoms with van der Waals surface area (Å²) in [4.78, 5) is 0. The van der Waals surface area contributed by atoms with Crippen LogP contribution in [-0.2, 0) is 7.05 Å². The Morgan fingerprint density at radius 3 is 2.25 bits per heavy atom. The summed E-state index contributed by atoms with van der Waals surface area (Å²) in [6.07, 6.45) is 5.82. The molecule has 2 aromatic heterocycles. The van der Waals surface area contributed by atoms with E-state index in [1.807, 2.05) is 55.7 Å². The number of aryl methyl sites for hydroxylation is 2. The third-order valence-electron chi connectivity index (χ3n) is 8.07. The van der Waals surface area contributed by atoms with Crippen LogP contribution in [0.2, 0.25) is 0 Å². The van der Waals surface area contributed by atoms with Gasteiger partial charge in [0.1, 0.15) is 24.0 Å². The minimum absolute atomic E-state index is 0.303. The number of aromatic nitrogens is 1. The molecule has 0 aliphatic heterocycles. The predicted molar refractivity (Wildman–Crippen MR) is 145 cm³/mol. The van der Waals surface area contributed by atoms with Crippen LogP contribution < -0.4 is 4.57 Å². The van der Waals surface area contributed by atoms with Gasteiger partial charge in [0.15, 0.2) is 6.20 Å². The second-order valence-electron chi connectivity index (χ2n) is 11.1. The van der Waals surface area contributed by atoms with Crippen molar-refractivity contribution in [2.24, 2.45) is 12.5 Å². The first-order valence-electron chi connectivity index (χ1n) is 13.4. The maximum Gasteiger partial charge on any atom is 0.216 e. The molecule has 1 aliphatic carbocycles. The van der Waals surface area contributed by atoms with E-state index in [0.29, 0.717) is 16.6 Å². The Kier molecular flexibility index (Phi) is 5.20. The van der Waals surface area contributed by atoms with Crippen molar-refractivity contribution in [2.75, 3.05) is 0 Å². The Morgan fingerprint density at radius 1 is 0.889 bits per heavy atom. The minimum Gasteiger partial charge on any atom is -0.454 e. The minimum atomic E-state index is -0.574. The SMILES string of the molecule is [2H]C1(c2ccc(-c3c(F)ccc4c3oc3c(-c5cccc[n+]5C)c(C)ccc34)cc2)CCC(C)(C)CC1. The number of halogens is 1. The van der Waals surface area contributed by atoms with E-state index in [2.05, 4.69) is 43.5 Å². The highest BCUT2D eigenvalue weighted by Gasteiger charge is 2.28. The van der Waals surface area contributed by atoms with Gasteiger partial charge in [-0.1, -0.05) is 50.2 Å². The second-order valence-corrected chi connectivity index (χ2v) is 11.1. The van der Waals surface area contributed by atoms with Crippen molar-refractivity contribution >= 4 is 21.9 Å². The van der Waals surface area contributed by atoms with Crippen LogP contribution in [0.1, 0.15) is 57.9 Å². The molecule has 36 heavy (non-hydrogen) atoms. The molecule has 0 unspecified atom stereocenters. The second kappa shape index (κ2) is 8.58. The van der Waals surface area contributed by atoms with Gasteiger partial charge in [-0.05, 0) is 78.8 Å². The largest absolute Gasteiger partial charge is 0.454 e. The lowest BCUT2D eigenvalue weighted by molar-refractivity contribution is -0.660. The third-order valence-corrected chi connectivity index (χ3v) is 8.07. The van der Waals surface area contributed by atoms with Gasteiger partial charge in [-0.15, -0.1) is 0 Å². The van der Waals surface area contributed by atoms with Gasteiger partial charge in [0.25, 0.3) is 0 Å². The maximum absolute atomic E-state index is 15.4. The molecule has 5 aromatic rings. The molecule has 0 amide bonds. The molecular formula is C33H33FNO+. The number of nitrogens with zero attached hydrogens (tertiary/aromatic N) is 1. The highest BCUT2D eigenvalue weighted by Crippen LogP contribution is 2.44. The summed E-state index contributed by atoms with van der Waals surface area (Å²) in [6, 6.07) is 21.6. The lowest BCUT2D eigenvalue weighted by atomic mass is 9.71. The smallest absolute Gasteiger partial charge is 0.216 e. The summed E-state index contributed by atoms with van der Waals surface area (Å²) in [7, 11) is 2.02. The summed E-state index contributed by atoms with van der Waals surface area (Å²) in [5.41, 5.74) is 7.08. The first-order chi connectivity index (χ1) is 17.7. The van der Waals surface area contributed by atoms with Crippen LogP contribution in [0, 0.1) is 18.2 Å². The van der Waals surface area contributed by atoms with Crippen LogP contribution in [0.25, 0.3) is 44.3 Å². The number of hydrogen-bond donors (Lipinski definition) is 0. The first kappa shape index (κ1) is 21.8. The topological polar surface area (TPSA) is 17.0 Å². The van der Waals surface area contributed by atoms with E-state index in [4.69, 9.17) is 5.79 Å². The fraction of sp³-hybridized carbons (Fsp3) is 0.303. The standard InChI is InChI=1S/C33H33FNO/c1-21-8-13-25-26-14-15-27(34)30(32(26)36-31(25)29(21)28-7-5-6-20-35(28)4)24-11-9-22(10-12-24)23-16-18-33(2,3)19-17-23/h5-15,20,23H,16-19H2,1-4H3/q+1/i23D. The molecule has 0 radical (unpaired) electrons. The zero-order chi connectivity index (χ0) is 25.9. The maximum atomic E-state index is 15.4. The normalized spacial score (nSPS) is 17.4. The van der Waals surface area contributed by atoms with Crippen molar-refractivity contribution in [1.29, 1.82) is 0 Å². The van der Waals surface area contributed by atoms with Crippen molar-refractivity contribution in [1.82, 2.24) is 0 Å². The summed E-state index contributed by atoms with van der Waals surface area (Å²) in [5, 5.41) is 1.88. The van der Waals surface area contributed by atoms with Gasteiger partial charge in [-0.2, -0.15) is 0 Å². The molecule has 0 spiro atoms. The van der Waals surface area contributed by atoms with E-state index in [9.17, 15) is 0 Å². The Labute approximate surface area is 213 Å². The number of furan rings is 1. The van der Waals surface area contributed by atoms with Gasteiger partial charge in [-0.3, -0.25) is 0 Å². The van der Waals surface area contributed by atoms with E-state index in [1.165, 1.54) is 6.07 Å². The Bertz CT molecular complexity index is 1640. The van der Waals surface area contributed by atoms with Crippen molar-refractivity contribution in [2.45, 2.75) is 52.3 Å². The molecular weight excluding hydrogens is 445 g/mol. The Balaban J connectivity index is 1.49. The highest BCUT2D eigenvalue weighted by molar-refractivity contribution is 6.13. The highest BCUT2D eigenvalue weighted by atomic mass is 19.1. The quantitative estimate of drug-likeness (QED) is 0.236. The van der Waals surface area contributed by atoms with Gasteiger partial charge in [-0.25, -0.2) is 8.96 Å². The molecule has 0 atom stereocenters. The molecule has 1 aliphatic rings. The van der Waals surface area contributed by atoms with Gasteiger partial charge in [0, 0.05) is 24.3 Å². The molecule has 0 saturated heterocycles. The molecule has 0 N–H and O–H groups in total. The fourth-order valence-corrected chi connectivity index (χ4v) is 5.74. The number of benzene rings is 3. The molecule has 1 fully saturated rings. The summed E-state index contributed by atoms with van der Waals surface area (Å²) >= 11 is 0. The predicted octanol–water partition coefficient (Wildman–Crippen LogP) is 8.88. The van der Waals surface area contributed by atoms with E-state index in [1.54, 1.807) is 0 Å². The Morgan fingerprint density at radius 2 is 1.56 bits per heavy atom. The van der Waals surface area contributed by atoms with Crippen LogP contribution in [0.4, 0.5) is 4.39 Å². The van der Waals surface area contributed by atoms with Crippen molar-refractivity contribution in [3.05, 3.63) is 89.9 Å². The summed E-state index contributed by atoms with van der Waals surface area (Å²) in [6.45, 7) is 6.66. The summed E-state index contributed by atoms with van der Waals surface area (Å²) < 4.78 is 33.1. The molecule has 182 valence electrons. The lowest BCUT2D eigenvalue weighted by Gasteiger charge is -2.34. The van der Waals surface area contributed by atoms with E-state index in [-0.39, 0.29) is 5.82 Å². The third kappa shape index (κ3) is 3.82. The molecule has 2 heterocycles. The van der Waals surface area contributed by atoms with Gasteiger partial charge >= 0.3 is 0 Å². The Hall–Kier alpha value is -3.46. The first-order valence-corrected chi connectivity index (χ1v) is 12.9. The molecule has 3 heteroatoms. The van der Waals surface area contributed by atoms with E-state index >= 15 is 4.39 Å². The molecule has 3 aromatic carbocycles. The van der Waals surface area contributed by atoms with Gasteiger partial charge in [0.05, 0.1) is 11.1 Å². The number of pyridine rings is 1. The molecule has 0 bridgehead atoms. The van der Waals surface area contributed by atoms with Crippen molar-refractivity contribution < 1.29 is 14.7 Å². The number of rotatable bonds is 3. The van der Waals surface area contributed by atoms with Crippen LogP contribution in [-0.4, -0.2) is 0 Å². The number of hydrogen-bond acceptors (Lipinski definition) is 1. The van der Waals surface area contributed by atoms with Crippen molar-refractivity contribution in [3.63, 3.8) is 0 Å². The molecule has 6 rings (SSSR count). The van der Waals surface area contributed by atoms with Gasteiger partial charge in [0.2, 0.25) is 5.69 Å². The average Bonchev–Trinajstić information content (AvgIpc) is 3.25. The fourth-order valence-electron chi connectivity index (χ4n) is 5.74. The summed E-state index contributed by atoms with van der Waals surface area (Å²) in [5.74, 6) is -0.877. The zero-order valence-corrected chi connectivity index (χ0v) is 21.5. The van der Waals surface area contributed by atoms with Crippen molar-refractivity contribution in [3.8, 4) is 22.4 Å². The zero-order valence-electron chi connectivity index (χ0n) is 22.5. The average molecular weight is 480 g/mol.